The van der Waals surface area contributed by atoms with Crippen LogP contribution in [0.2, 0.25) is 0 Å². The minimum absolute atomic E-state index is 0.827. The van der Waals surface area contributed by atoms with E-state index in [0.717, 1.165) is 37.9 Å². The SMILES string of the molecule is Cc1nc2c(C)ccc(Br)c2c(N)c1C. The molecule has 0 atom stereocenters. The zero-order chi connectivity index (χ0) is 11.2. The Hall–Kier alpha value is -1.09. The highest BCUT2D eigenvalue weighted by Crippen LogP contribution is 2.32. The summed E-state index contributed by atoms with van der Waals surface area (Å²) in [6, 6.07) is 4.07. The number of rotatable bonds is 0. The fourth-order valence-electron chi connectivity index (χ4n) is 1.70. The molecular weight excluding hydrogens is 252 g/mol. The van der Waals surface area contributed by atoms with Gasteiger partial charge < -0.3 is 5.73 Å². The second kappa shape index (κ2) is 3.49. The van der Waals surface area contributed by atoms with Crippen molar-refractivity contribution in [2.75, 3.05) is 5.73 Å². The molecular formula is C12H13BrN2. The van der Waals surface area contributed by atoms with E-state index in [1.165, 1.54) is 0 Å². The molecule has 1 aromatic heterocycles. The van der Waals surface area contributed by atoms with E-state index in [1.54, 1.807) is 0 Å². The minimum Gasteiger partial charge on any atom is -0.398 e. The van der Waals surface area contributed by atoms with Crippen LogP contribution in [0.3, 0.4) is 0 Å². The Morgan fingerprint density at radius 3 is 2.53 bits per heavy atom. The summed E-state index contributed by atoms with van der Waals surface area (Å²) in [4.78, 5) is 4.59. The highest BCUT2D eigenvalue weighted by atomic mass is 79.9. The third kappa shape index (κ3) is 1.51. The van der Waals surface area contributed by atoms with Crippen LogP contribution in [0.25, 0.3) is 10.9 Å². The van der Waals surface area contributed by atoms with Crippen molar-refractivity contribution < 1.29 is 0 Å². The van der Waals surface area contributed by atoms with E-state index < -0.39 is 0 Å². The normalized spacial score (nSPS) is 10.9. The van der Waals surface area contributed by atoms with E-state index in [0.29, 0.717) is 0 Å². The van der Waals surface area contributed by atoms with Crippen LogP contribution in [0.5, 0.6) is 0 Å². The van der Waals surface area contributed by atoms with Gasteiger partial charge in [0, 0.05) is 21.2 Å². The standard InChI is InChI=1S/C12H13BrN2/c1-6-4-5-9(13)10-11(14)7(2)8(3)15-12(6)10/h4-5H,1-3H3,(H2,14,15). The Morgan fingerprint density at radius 2 is 1.87 bits per heavy atom. The molecule has 15 heavy (non-hydrogen) atoms. The van der Waals surface area contributed by atoms with Gasteiger partial charge in [-0.05, 0) is 38.0 Å². The first kappa shape index (κ1) is 10.4. The summed E-state index contributed by atoms with van der Waals surface area (Å²) in [7, 11) is 0. The molecule has 1 aromatic carbocycles. The van der Waals surface area contributed by atoms with Gasteiger partial charge in [-0.2, -0.15) is 0 Å². The topological polar surface area (TPSA) is 38.9 Å². The molecule has 0 aliphatic carbocycles. The molecule has 2 N–H and O–H groups in total. The van der Waals surface area contributed by atoms with E-state index in [-0.39, 0.29) is 0 Å². The Kier molecular flexibility index (Phi) is 2.43. The molecule has 0 saturated heterocycles. The maximum atomic E-state index is 6.12. The number of nitrogens with zero attached hydrogens (tertiary/aromatic N) is 1. The summed E-state index contributed by atoms with van der Waals surface area (Å²) in [6.45, 7) is 6.05. The number of aromatic nitrogens is 1. The zero-order valence-electron chi connectivity index (χ0n) is 9.06. The van der Waals surface area contributed by atoms with Crippen LogP contribution in [0.4, 0.5) is 5.69 Å². The maximum absolute atomic E-state index is 6.12. The van der Waals surface area contributed by atoms with Gasteiger partial charge in [-0.3, -0.25) is 4.98 Å². The van der Waals surface area contributed by atoms with Crippen molar-refractivity contribution in [1.82, 2.24) is 4.98 Å². The van der Waals surface area contributed by atoms with Crippen molar-refractivity contribution in [3.63, 3.8) is 0 Å². The van der Waals surface area contributed by atoms with Crippen molar-refractivity contribution in [1.29, 1.82) is 0 Å². The molecule has 0 fully saturated rings. The number of halogens is 1. The van der Waals surface area contributed by atoms with Gasteiger partial charge in [-0.1, -0.05) is 22.0 Å². The van der Waals surface area contributed by atoms with Crippen LogP contribution < -0.4 is 5.73 Å². The average molecular weight is 265 g/mol. The Bertz CT molecular complexity index is 547. The lowest BCUT2D eigenvalue weighted by Gasteiger charge is -2.11. The predicted octanol–water partition coefficient (Wildman–Crippen LogP) is 3.50. The fraction of sp³-hybridized carbons (Fsp3) is 0.250. The summed E-state index contributed by atoms with van der Waals surface area (Å²) in [6.07, 6.45) is 0. The highest BCUT2D eigenvalue weighted by Gasteiger charge is 2.10. The first-order valence-corrected chi connectivity index (χ1v) is 5.63. The first-order chi connectivity index (χ1) is 7.02. The monoisotopic (exact) mass is 264 g/mol. The molecule has 0 aliphatic rings. The number of hydrogen-bond acceptors (Lipinski definition) is 2. The van der Waals surface area contributed by atoms with Crippen LogP contribution in [-0.2, 0) is 0 Å². The molecule has 0 aliphatic heterocycles. The van der Waals surface area contributed by atoms with Crippen LogP contribution in [0.1, 0.15) is 16.8 Å². The molecule has 1 heterocycles. The van der Waals surface area contributed by atoms with Gasteiger partial charge in [0.15, 0.2) is 0 Å². The highest BCUT2D eigenvalue weighted by molar-refractivity contribution is 9.10. The summed E-state index contributed by atoms with van der Waals surface area (Å²) >= 11 is 3.52. The van der Waals surface area contributed by atoms with Crippen molar-refractivity contribution in [3.05, 3.63) is 33.4 Å². The largest absolute Gasteiger partial charge is 0.398 e. The zero-order valence-corrected chi connectivity index (χ0v) is 10.6. The molecule has 0 radical (unpaired) electrons. The van der Waals surface area contributed by atoms with Crippen LogP contribution >= 0.6 is 15.9 Å². The fourth-order valence-corrected chi connectivity index (χ4v) is 2.24. The molecule has 2 nitrogen and oxygen atoms in total. The lowest BCUT2D eigenvalue weighted by atomic mass is 10.1. The summed E-state index contributed by atoms with van der Waals surface area (Å²) in [5.41, 5.74) is 11.2. The summed E-state index contributed by atoms with van der Waals surface area (Å²) in [5.74, 6) is 0. The molecule has 3 heteroatoms. The smallest absolute Gasteiger partial charge is 0.0766 e. The van der Waals surface area contributed by atoms with E-state index in [2.05, 4.69) is 27.8 Å². The number of aryl methyl sites for hydroxylation is 2. The van der Waals surface area contributed by atoms with Gasteiger partial charge >= 0.3 is 0 Å². The summed E-state index contributed by atoms with van der Waals surface area (Å²) < 4.78 is 1.01. The van der Waals surface area contributed by atoms with Gasteiger partial charge in [0.05, 0.1) is 5.52 Å². The number of hydrogen-bond donors (Lipinski definition) is 1. The number of anilines is 1. The van der Waals surface area contributed by atoms with Gasteiger partial charge in [0.1, 0.15) is 0 Å². The molecule has 78 valence electrons. The lowest BCUT2D eigenvalue weighted by Crippen LogP contribution is -1.99. The van der Waals surface area contributed by atoms with Gasteiger partial charge in [-0.15, -0.1) is 0 Å². The Labute approximate surface area is 97.6 Å². The maximum Gasteiger partial charge on any atom is 0.0766 e. The van der Waals surface area contributed by atoms with Gasteiger partial charge in [-0.25, -0.2) is 0 Å². The molecule has 2 aromatic rings. The molecule has 0 amide bonds. The molecule has 0 spiro atoms. The second-order valence-corrected chi connectivity index (χ2v) is 4.68. The van der Waals surface area contributed by atoms with E-state index in [9.17, 15) is 0 Å². The van der Waals surface area contributed by atoms with E-state index >= 15 is 0 Å². The third-order valence-corrected chi connectivity index (χ3v) is 3.49. The predicted molar refractivity (Wildman–Crippen MR) is 68.1 cm³/mol. The van der Waals surface area contributed by atoms with E-state index in [4.69, 9.17) is 5.73 Å². The Morgan fingerprint density at radius 1 is 1.20 bits per heavy atom. The number of benzene rings is 1. The van der Waals surface area contributed by atoms with Crippen molar-refractivity contribution >= 4 is 32.5 Å². The first-order valence-electron chi connectivity index (χ1n) is 4.84. The molecule has 0 bridgehead atoms. The van der Waals surface area contributed by atoms with Crippen LogP contribution in [-0.4, -0.2) is 4.98 Å². The lowest BCUT2D eigenvalue weighted by molar-refractivity contribution is 1.19. The molecule has 0 saturated carbocycles. The minimum atomic E-state index is 0.827. The van der Waals surface area contributed by atoms with Crippen molar-refractivity contribution in [3.8, 4) is 0 Å². The van der Waals surface area contributed by atoms with Crippen LogP contribution in [0, 0.1) is 20.8 Å². The van der Waals surface area contributed by atoms with Crippen molar-refractivity contribution in [2.24, 2.45) is 0 Å². The Balaban J connectivity index is 3.04. The number of nitrogens with two attached hydrogens (primary N) is 1. The molecule has 0 unspecified atom stereocenters. The quantitative estimate of drug-likeness (QED) is 0.791. The number of fused-ring (bicyclic) bond motifs is 1. The molecule has 2 rings (SSSR count). The second-order valence-electron chi connectivity index (χ2n) is 3.82. The van der Waals surface area contributed by atoms with E-state index in [1.807, 2.05) is 26.0 Å². The summed E-state index contributed by atoms with van der Waals surface area (Å²) in [5, 5.41) is 1.03. The van der Waals surface area contributed by atoms with Crippen LogP contribution in [0.15, 0.2) is 16.6 Å². The van der Waals surface area contributed by atoms with Gasteiger partial charge in [0.2, 0.25) is 0 Å². The van der Waals surface area contributed by atoms with Crippen molar-refractivity contribution in [2.45, 2.75) is 20.8 Å². The van der Waals surface area contributed by atoms with Gasteiger partial charge in [0.25, 0.3) is 0 Å². The number of nitrogen functional groups attached to an aromatic ring is 1. The number of pyridine rings is 1. The third-order valence-electron chi connectivity index (χ3n) is 2.82. The average Bonchev–Trinajstić information content (AvgIpc) is 2.20.